The second-order valence-electron chi connectivity index (χ2n) is 7.88. The maximum Gasteiger partial charge on any atom is 0.264 e. The van der Waals surface area contributed by atoms with Gasteiger partial charge in [0.2, 0.25) is 0 Å². The fourth-order valence-electron chi connectivity index (χ4n) is 4.15. The smallest absolute Gasteiger partial charge is 0.264 e. The lowest BCUT2D eigenvalue weighted by Gasteiger charge is -2.23. The van der Waals surface area contributed by atoms with E-state index in [-0.39, 0.29) is 12.2 Å². The van der Waals surface area contributed by atoms with Gasteiger partial charge in [0.05, 0.1) is 26.3 Å². The molecule has 0 saturated heterocycles. The van der Waals surface area contributed by atoms with E-state index >= 15 is 0 Å². The molecule has 0 spiro atoms. The molecule has 0 aromatic heterocycles. The summed E-state index contributed by atoms with van der Waals surface area (Å²) in [6, 6.07) is 19.9. The van der Waals surface area contributed by atoms with Crippen molar-refractivity contribution in [1.29, 1.82) is 0 Å². The molecule has 3 aromatic rings. The summed E-state index contributed by atoms with van der Waals surface area (Å²) in [5, 5.41) is 11.6. The summed E-state index contributed by atoms with van der Waals surface area (Å²) in [7, 11) is 3.00. The number of benzene rings is 3. The van der Waals surface area contributed by atoms with Crippen LogP contribution in [0.25, 0.3) is 0 Å². The molecular formula is C26H24BrNO5. The van der Waals surface area contributed by atoms with Gasteiger partial charge in [-0.25, -0.2) is 0 Å². The van der Waals surface area contributed by atoms with Gasteiger partial charge in [0.25, 0.3) is 5.91 Å². The molecule has 0 saturated carbocycles. The molecule has 0 radical (unpaired) electrons. The topological polar surface area (TPSA) is 76.1 Å². The number of anilines is 1. The molecule has 1 atom stereocenters. The van der Waals surface area contributed by atoms with Crippen LogP contribution in [0, 0.1) is 0 Å². The molecule has 6 nitrogen and oxygen atoms in total. The van der Waals surface area contributed by atoms with Gasteiger partial charge in [-0.05, 0) is 48.4 Å². The Kier molecular flexibility index (Phi) is 6.54. The van der Waals surface area contributed by atoms with Crippen LogP contribution in [0.3, 0.4) is 0 Å². The van der Waals surface area contributed by atoms with Crippen molar-refractivity contribution in [1.82, 2.24) is 0 Å². The lowest BCUT2D eigenvalue weighted by atomic mass is 9.88. The maximum absolute atomic E-state index is 13.5. The SMILES string of the molecule is COc1ccc(C(=O)C[C@]2(O)C(=O)N(CCc3ccccc3)c3ccc(Br)cc32)cc1OC. The minimum absolute atomic E-state index is 0.327. The Hall–Kier alpha value is -3.16. The summed E-state index contributed by atoms with van der Waals surface area (Å²) >= 11 is 3.42. The first kappa shape index (κ1) is 23.0. The van der Waals surface area contributed by atoms with Crippen molar-refractivity contribution < 1.29 is 24.2 Å². The van der Waals surface area contributed by atoms with Crippen LogP contribution in [-0.4, -0.2) is 37.6 Å². The third kappa shape index (κ3) is 4.38. The predicted molar refractivity (Wildman–Crippen MR) is 129 cm³/mol. The molecular weight excluding hydrogens is 486 g/mol. The Bertz CT molecular complexity index is 1200. The van der Waals surface area contributed by atoms with Crippen LogP contribution in [-0.2, 0) is 16.8 Å². The number of hydrogen-bond donors (Lipinski definition) is 1. The Morgan fingerprint density at radius 1 is 1.00 bits per heavy atom. The van der Waals surface area contributed by atoms with E-state index in [4.69, 9.17) is 9.47 Å². The van der Waals surface area contributed by atoms with Gasteiger partial charge in [0.15, 0.2) is 22.9 Å². The van der Waals surface area contributed by atoms with E-state index in [1.54, 1.807) is 35.2 Å². The quantitative estimate of drug-likeness (QED) is 0.452. The monoisotopic (exact) mass is 509 g/mol. The number of rotatable bonds is 8. The first-order valence-corrected chi connectivity index (χ1v) is 11.3. The minimum atomic E-state index is -1.96. The number of fused-ring (bicyclic) bond motifs is 1. The van der Waals surface area contributed by atoms with Crippen LogP contribution >= 0.6 is 15.9 Å². The molecule has 1 aliphatic heterocycles. The van der Waals surface area contributed by atoms with Gasteiger partial charge in [0, 0.05) is 22.1 Å². The molecule has 0 unspecified atom stereocenters. The number of Topliss-reactive ketones (excluding diaryl/α,β-unsaturated/α-hetero) is 1. The molecule has 170 valence electrons. The average molecular weight is 510 g/mol. The number of amides is 1. The number of hydrogen-bond acceptors (Lipinski definition) is 5. The molecule has 1 aliphatic rings. The van der Waals surface area contributed by atoms with Crippen molar-refractivity contribution in [2.75, 3.05) is 25.7 Å². The highest BCUT2D eigenvalue weighted by Gasteiger charge is 2.50. The van der Waals surface area contributed by atoms with E-state index in [0.29, 0.717) is 41.3 Å². The Morgan fingerprint density at radius 3 is 2.42 bits per heavy atom. The number of halogens is 1. The summed E-state index contributed by atoms with van der Waals surface area (Å²) in [6.45, 7) is 0.393. The van der Waals surface area contributed by atoms with E-state index in [2.05, 4.69) is 15.9 Å². The van der Waals surface area contributed by atoms with E-state index in [9.17, 15) is 14.7 Å². The molecule has 3 aromatic carbocycles. The molecule has 0 aliphatic carbocycles. The van der Waals surface area contributed by atoms with Crippen molar-refractivity contribution in [2.45, 2.75) is 18.4 Å². The van der Waals surface area contributed by atoms with Gasteiger partial charge in [-0.15, -0.1) is 0 Å². The molecule has 1 N–H and O–H groups in total. The molecule has 7 heteroatoms. The number of carbonyl (C=O) groups excluding carboxylic acids is 2. The molecule has 1 heterocycles. The lowest BCUT2D eigenvalue weighted by Crippen LogP contribution is -2.42. The van der Waals surface area contributed by atoms with Gasteiger partial charge in [0.1, 0.15) is 0 Å². The van der Waals surface area contributed by atoms with Crippen LogP contribution < -0.4 is 14.4 Å². The summed E-state index contributed by atoms with van der Waals surface area (Å²) in [6.07, 6.45) is 0.244. The minimum Gasteiger partial charge on any atom is -0.493 e. The number of carbonyl (C=O) groups is 2. The van der Waals surface area contributed by atoms with Gasteiger partial charge in [-0.1, -0.05) is 46.3 Å². The van der Waals surface area contributed by atoms with Crippen LogP contribution in [0.1, 0.15) is 27.9 Å². The zero-order chi connectivity index (χ0) is 23.6. The number of ether oxygens (including phenoxy) is 2. The van der Waals surface area contributed by atoms with Crippen molar-refractivity contribution >= 4 is 33.3 Å². The molecule has 33 heavy (non-hydrogen) atoms. The fourth-order valence-corrected chi connectivity index (χ4v) is 4.51. The van der Waals surface area contributed by atoms with Crippen molar-refractivity contribution in [2.24, 2.45) is 0 Å². The van der Waals surface area contributed by atoms with E-state index in [1.165, 1.54) is 14.2 Å². The molecule has 4 rings (SSSR count). The summed E-state index contributed by atoms with van der Waals surface area (Å²) in [4.78, 5) is 28.2. The van der Waals surface area contributed by atoms with E-state index in [0.717, 1.165) is 10.0 Å². The number of methoxy groups -OCH3 is 2. The van der Waals surface area contributed by atoms with Crippen LogP contribution in [0.4, 0.5) is 5.69 Å². The van der Waals surface area contributed by atoms with Gasteiger partial charge in [-0.3, -0.25) is 9.59 Å². The molecule has 0 bridgehead atoms. The second-order valence-corrected chi connectivity index (χ2v) is 8.80. The van der Waals surface area contributed by atoms with Crippen molar-refractivity contribution in [3.05, 3.63) is 87.9 Å². The highest BCUT2D eigenvalue weighted by atomic mass is 79.9. The summed E-state index contributed by atoms with van der Waals surface area (Å²) in [5.41, 5.74) is 0.486. The average Bonchev–Trinajstić information content (AvgIpc) is 3.03. The first-order chi connectivity index (χ1) is 15.9. The lowest BCUT2D eigenvalue weighted by molar-refractivity contribution is -0.135. The van der Waals surface area contributed by atoms with Crippen LogP contribution in [0.2, 0.25) is 0 Å². The number of aliphatic hydroxyl groups is 1. The Morgan fingerprint density at radius 2 is 1.73 bits per heavy atom. The van der Waals surface area contributed by atoms with Gasteiger partial charge >= 0.3 is 0 Å². The van der Waals surface area contributed by atoms with Gasteiger partial charge in [-0.2, -0.15) is 0 Å². The second kappa shape index (κ2) is 9.37. The third-order valence-electron chi connectivity index (χ3n) is 5.88. The largest absolute Gasteiger partial charge is 0.493 e. The first-order valence-electron chi connectivity index (χ1n) is 10.5. The molecule has 1 amide bonds. The summed E-state index contributed by atoms with van der Waals surface area (Å²) in [5.74, 6) is 0.0229. The normalized spacial score (nSPS) is 17.1. The van der Waals surface area contributed by atoms with Crippen molar-refractivity contribution in [3.8, 4) is 11.5 Å². The number of nitrogens with zero attached hydrogens (tertiary/aromatic N) is 1. The van der Waals surface area contributed by atoms with Crippen LogP contribution in [0.5, 0.6) is 11.5 Å². The predicted octanol–water partition coefficient (Wildman–Crippen LogP) is 4.52. The maximum atomic E-state index is 13.5. The van der Waals surface area contributed by atoms with Gasteiger partial charge < -0.3 is 19.5 Å². The fraction of sp³-hybridized carbons (Fsp3) is 0.231. The van der Waals surface area contributed by atoms with E-state index < -0.39 is 11.5 Å². The van der Waals surface area contributed by atoms with E-state index in [1.807, 2.05) is 36.4 Å². The zero-order valence-corrected chi connectivity index (χ0v) is 20.0. The highest BCUT2D eigenvalue weighted by Crippen LogP contribution is 2.44. The van der Waals surface area contributed by atoms with Crippen molar-refractivity contribution in [3.63, 3.8) is 0 Å². The van der Waals surface area contributed by atoms with Crippen LogP contribution in [0.15, 0.2) is 71.2 Å². The molecule has 0 fully saturated rings. The number of ketones is 1. The zero-order valence-electron chi connectivity index (χ0n) is 18.4. The third-order valence-corrected chi connectivity index (χ3v) is 6.38. The Labute approximate surface area is 200 Å². The standard InChI is InChI=1S/C26H24BrNO5/c1-32-23-11-8-18(14-24(23)33-2)22(29)16-26(31)20-15-19(27)9-10-21(20)28(25(26)30)13-12-17-6-4-3-5-7-17/h3-11,14-15,31H,12-13,16H2,1-2H3/t26-/m1/s1. The summed E-state index contributed by atoms with van der Waals surface area (Å²) < 4.78 is 11.2. The Balaban J connectivity index is 1.64. The highest BCUT2D eigenvalue weighted by molar-refractivity contribution is 9.10.